The maximum Gasteiger partial charge on any atom is 0.344 e. The van der Waals surface area contributed by atoms with E-state index in [9.17, 15) is 14.0 Å². The quantitative estimate of drug-likeness (QED) is 0.390. The van der Waals surface area contributed by atoms with Gasteiger partial charge in [-0.3, -0.25) is 4.79 Å². The number of hydrogen-bond acceptors (Lipinski definition) is 9. The first-order chi connectivity index (χ1) is 14.4. The van der Waals surface area contributed by atoms with Gasteiger partial charge in [0.1, 0.15) is 22.6 Å². The highest BCUT2D eigenvalue weighted by Crippen LogP contribution is 2.26. The van der Waals surface area contributed by atoms with Crippen LogP contribution in [-0.2, 0) is 19.1 Å². The second kappa shape index (κ2) is 9.88. The van der Waals surface area contributed by atoms with Crippen molar-refractivity contribution < 1.29 is 32.4 Å². The van der Waals surface area contributed by atoms with Crippen LogP contribution in [0.3, 0.4) is 0 Å². The number of ether oxygens (including phenoxy) is 3. The van der Waals surface area contributed by atoms with Crippen LogP contribution in [0.15, 0.2) is 48.7 Å². The van der Waals surface area contributed by atoms with E-state index in [-0.39, 0.29) is 11.7 Å². The lowest BCUT2D eigenvalue weighted by atomic mass is 10.3. The van der Waals surface area contributed by atoms with Gasteiger partial charge in [-0.05, 0) is 43.3 Å². The minimum Gasteiger partial charge on any atom is -0.466 e. The third kappa shape index (κ3) is 5.80. The van der Waals surface area contributed by atoms with E-state index in [4.69, 9.17) is 13.7 Å². The predicted octanol–water partition coefficient (Wildman–Crippen LogP) is 3.69. The van der Waals surface area contributed by atoms with E-state index in [2.05, 4.69) is 14.7 Å². The highest BCUT2D eigenvalue weighted by Gasteiger charge is 2.18. The Morgan fingerprint density at radius 1 is 1.10 bits per heavy atom. The standard InChI is InChI=1S/C20H17FN2O6S/c1-12(20(25)27-11-19(24)26-2)30-29-15-6-4-14(5-7-15)28-18-10-22-17-9-13(21)3-8-16(17)23-18/h3-10,12H,11H2,1-2H3. The third-order valence-electron chi connectivity index (χ3n) is 3.71. The molecule has 0 saturated heterocycles. The number of fused-ring (bicyclic) bond motifs is 1. The maximum atomic E-state index is 13.2. The number of methoxy groups -OCH3 is 1. The van der Waals surface area contributed by atoms with Crippen molar-refractivity contribution >= 4 is 35.0 Å². The summed E-state index contributed by atoms with van der Waals surface area (Å²) in [7, 11) is 1.21. The van der Waals surface area contributed by atoms with E-state index in [1.165, 1.54) is 31.5 Å². The van der Waals surface area contributed by atoms with Crippen molar-refractivity contribution in [3.63, 3.8) is 0 Å². The zero-order valence-corrected chi connectivity index (χ0v) is 16.8. The van der Waals surface area contributed by atoms with E-state index >= 15 is 0 Å². The summed E-state index contributed by atoms with van der Waals surface area (Å²) in [6, 6.07) is 10.7. The van der Waals surface area contributed by atoms with Crippen LogP contribution >= 0.6 is 12.0 Å². The maximum absolute atomic E-state index is 13.2. The zero-order chi connectivity index (χ0) is 21.5. The van der Waals surface area contributed by atoms with Gasteiger partial charge in [0.05, 0.1) is 36.4 Å². The predicted molar refractivity (Wildman–Crippen MR) is 107 cm³/mol. The van der Waals surface area contributed by atoms with Crippen LogP contribution < -0.4 is 8.92 Å². The van der Waals surface area contributed by atoms with Crippen LogP contribution in [-0.4, -0.2) is 40.9 Å². The zero-order valence-electron chi connectivity index (χ0n) is 16.0. The Labute approximate surface area is 175 Å². The summed E-state index contributed by atoms with van der Waals surface area (Å²) in [4.78, 5) is 31.2. The molecule has 0 radical (unpaired) electrons. The molecule has 1 heterocycles. The fourth-order valence-electron chi connectivity index (χ4n) is 2.17. The number of halogens is 1. The third-order valence-corrected chi connectivity index (χ3v) is 4.48. The summed E-state index contributed by atoms with van der Waals surface area (Å²) in [5.74, 6) is -0.377. The number of carbonyl (C=O) groups is 2. The Bertz CT molecular complexity index is 1050. The Balaban J connectivity index is 1.53. The average molecular weight is 432 g/mol. The summed E-state index contributed by atoms with van der Waals surface area (Å²) in [5.41, 5.74) is 0.945. The first-order valence-electron chi connectivity index (χ1n) is 8.71. The molecule has 1 atom stereocenters. The highest BCUT2D eigenvalue weighted by molar-refractivity contribution is 7.96. The molecule has 0 bridgehead atoms. The van der Waals surface area contributed by atoms with Crippen LogP contribution in [0.2, 0.25) is 0 Å². The topological polar surface area (TPSA) is 96.8 Å². The summed E-state index contributed by atoms with van der Waals surface area (Å²) >= 11 is 0.889. The average Bonchev–Trinajstić information content (AvgIpc) is 2.76. The van der Waals surface area contributed by atoms with Gasteiger partial charge in [-0.15, -0.1) is 0 Å². The molecule has 1 unspecified atom stereocenters. The van der Waals surface area contributed by atoms with Crippen molar-refractivity contribution in [3.05, 3.63) is 54.5 Å². The molecular weight excluding hydrogens is 415 g/mol. The monoisotopic (exact) mass is 432 g/mol. The Morgan fingerprint density at radius 3 is 2.57 bits per heavy atom. The number of benzene rings is 2. The molecule has 0 aliphatic carbocycles. The summed E-state index contributed by atoms with van der Waals surface area (Å²) in [6.07, 6.45) is 1.41. The van der Waals surface area contributed by atoms with E-state index in [1.54, 1.807) is 31.2 Å². The van der Waals surface area contributed by atoms with Gasteiger partial charge in [-0.25, -0.2) is 19.2 Å². The Hall–Kier alpha value is -3.40. The lowest BCUT2D eigenvalue weighted by Gasteiger charge is -2.11. The number of esters is 2. The minimum atomic E-state index is -0.650. The van der Waals surface area contributed by atoms with Crippen molar-refractivity contribution in [2.45, 2.75) is 12.2 Å². The molecule has 0 saturated carbocycles. The molecule has 8 nitrogen and oxygen atoms in total. The molecule has 3 rings (SSSR count). The van der Waals surface area contributed by atoms with Crippen molar-refractivity contribution in [3.8, 4) is 17.4 Å². The van der Waals surface area contributed by atoms with Crippen LogP contribution in [0.1, 0.15) is 6.92 Å². The van der Waals surface area contributed by atoms with Crippen molar-refractivity contribution in [2.75, 3.05) is 13.7 Å². The molecule has 0 aliphatic rings. The van der Waals surface area contributed by atoms with Gasteiger partial charge in [-0.1, -0.05) is 0 Å². The number of nitrogens with zero attached hydrogens (tertiary/aromatic N) is 2. The number of carbonyl (C=O) groups excluding carboxylic acids is 2. The number of rotatable bonds is 8. The van der Waals surface area contributed by atoms with Crippen molar-refractivity contribution in [1.82, 2.24) is 9.97 Å². The van der Waals surface area contributed by atoms with Gasteiger partial charge in [0.15, 0.2) is 6.61 Å². The lowest BCUT2D eigenvalue weighted by molar-refractivity contribution is -0.156. The SMILES string of the molecule is COC(=O)COC(=O)C(C)SOc1ccc(Oc2cnc3cc(F)ccc3n2)cc1. The number of aromatic nitrogens is 2. The molecule has 3 aromatic rings. The molecule has 1 aromatic heterocycles. The van der Waals surface area contributed by atoms with Gasteiger partial charge < -0.3 is 18.4 Å². The first kappa shape index (κ1) is 21.3. The van der Waals surface area contributed by atoms with E-state index in [1.807, 2.05) is 0 Å². The van der Waals surface area contributed by atoms with Crippen molar-refractivity contribution in [1.29, 1.82) is 0 Å². The molecule has 10 heteroatoms. The summed E-state index contributed by atoms with van der Waals surface area (Å²) < 4.78 is 33.5. The van der Waals surface area contributed by atoms with Crippen molar-refractivity contribution in [2.24, 2.45) is 0 Å². The van der Waals surface area contributed by atoms with Crippen LogP contribution in [0.4, 0.5) is 4.39 Å². The van der Waals surface area contributed by atoms with Gasteiger partial charge in [0, 0.05) is 6.07 Å². The molecule has 0 amide bonds. The van der Waals surface area contributed by atoms with Crippen LogP contribution in [0, 0.1) is 5.82 Å². The lowest BCUT2D eigenvalue weighted by Crippen LogP contribution is -2.22. The summed E-state index contributed by atoms with van der Waals surface area (Å²) in [5, 5.41) is -0.650. The minimum absolute atomic E-state index is 0.263. The molecule has 2 aromatic carbocycles. The fourth-order valence-corrected chi connectivity index (χ4v) is 2.69. The van der Waals surface area contributed by atoms with Crippen LogP contribution in [0.25, 0.3) is 11.0 Å². The molecule has 30 heavy (non-hydrogen) atoms. The molecular formula is C20H17FN2O6S. The smallest absolute Gasteiger partial charge is 0.344 e. The molecule has 156 valence electrons. The normalized spacial score (nSPS) is 11.6. The van der Waals surface area contributed by atoms with Gasteiger partial charge in [0.2, 0.25) is 5.88 Å². The summed E-state index contributed by atoms with van der Waals surface area (Å²) in [6.45, 7) is 1.14. The van der Waals surface area contributed by atoms with E-state index in [0.29, 0.717) is 22.5 Å². The van der Waals surface area contributed by atoms with Gasteiger partial charge in [0.25, 0.3) is 0 Å². The van der Waals surface area contributed by atoms with E-state index < -0.39 is 23.8 Å². The molecule has 0 N–H and O–H groups in total. The fraction of sp³-hybridized carbons (Fsp3) is 0.200. The molecule has 0 spiro atoms. The van der Waals surface area contributed by atoms with E-state index in [0.717, 1.165) is 12.0 Å². The number of hydrogen-bond donors (Lipinski definition) is 0. The highest BCUT2D eigenvalue weighted by atomic mass is 32.2. The van der Waals surface area contributed by atoms with Gasteiger partial charge in [-0.2, -0.15) is 0 Å². The first-order valence-corrected chi connectivity index (χ1v) is 9.52. The molecule has 0 aliphatic heterocycles. The molecule has 0 fully saturated rings. The second-order valence-electron chi connectivity index (χ2n) is 5.92. The Morgan fingerprint density at radius 2 is 1.83 bits per heavy atom. The second-order valence-corrected chi connectivity index (χ2v) is 6.99. The van der Waals surface area contributed by atoms with Gasteiger partial charge >= 0.3 is 11.9 Å². The Kier molecular flexibility index (Phi) is 7.02. The largest absolute Gasteiger partial charge is 0.466 e. The van der Waals surface area contributed by atoms with Crippen LogP contribution in [0.5, 0.6) is 17.4 Å².